The molecule has 0 aliphatic carbocycles. The Morgan fingerprint density at radius 1 is 0.400 bits per heavy atom. The van der Waals surface area contributed by atoms with E-state index in [4.69, 9.17) is 0 Å². The molecule has 0 atom stereocenters. The Morgan fingerprint density at radius 3 is 1.88 bits per heavy atom. The Kier molecular flexibility index (Phi) is 6.56. The van der Waals surface area contributed by atoms with Crippen molar-refractivity contribution in [2.75, 3.05) is 0 Å². The fraction of sp³-hybridized carbons (Fsp3) is 0. The molecule has 0 saturated carbocycles. The minimum absolute atomic E-state index is 0.569. The highest BCUT2D eigenvalue weighted by atomic mass is 15.0. The highest BCUT2D eigenvalue weighted by Crippen LogP contribution is 2.41. The third-order valence-corrected chi connectivity index (χ3v) is 9.62. The summed E-state index contributed by atoms with van der Waals surface area (Å²) in [6.45, 7) is 0. The van der Waals surface area contributed by atoms with E-state index in [-0.39, 0.29) is 0 Å². The monoisotopic (exact) mass is 635 g/mol. The lowest BCUT2D eigenvalue weighted by molar-refractivity contribution is 1.18. The Bertz CT molecular complexity index is 2970. The molecule has 0 spiro atoms. The summed E-state index contributed by atoms with van der Waals surface area (Å²) < 4.78 is 4.48. The van der Waals surface area contributed by atoms with Crippen LogP contribution in [0.1, 0.15) is 16.7 Å². The number of para-hydroxylation sites is 3. The van der Waals surface area contributed by atoms with Gasteiger partial charge in [-0.05, 0) is 89.5 Å². The molecule has 2 aromatic heterocycles. The van der Waals surface area contributed by atoms with Gasteiger partial charge in [0.2, 0.25) is 0 Å². The topological polar surface area (TPSA) is 81.2 Å². The van der Waals surface area contributed by atoms with Crippen molar-refractivity contribution in [2.24, 2.45) is 0 Å². The Labute approximate surface area is 287 Å². The van der Waals surface area contributed by atoms with Gasteiger partial charge in [0, 0.05) is 32.8 Å². The zero-order chi connectivity index (χ0) is 33.8. The molecule has 230 valence electrons. The van der Waals surface area contributed by atoms with Crippen LogP contribution in [-0.4, -0.2) is 9.13 Å². The van der Waals surface area contributed by atoms with Crippen molar-refractivity contribution in [1.82, 2.24) is 9.13 Å². The zero-order valence-electron chi connectivity index (χ0n) is 26.7. The van der Waals surface area contributed by atoms with Gasteiger partial charge in [0.25, 0.3) is 0 Å². The van der Waals surface area contributed by atoms with Crippen LogP contribution in [0, 0.1) is 34.0 Å². The normalized spacial score (nSPS) is 11.1. The Balaban J connectivity index is 1.29. The number of nitrogens with zero attached hydrogens (tertiary/aromatic N) is 5. The van der Waals surface area contributed by atoms with Crippen LogP contribution in [0.5, 0.6) is 0 Å². The smallest absolute Gasteiger partial charge is 0.0998 e. The van der Waals surface area contributed by atoms with E-state index in [0.29, 0.717) is 16.7 Å². The quantitative estimate of drug-likeness (QED) is 0.193. The maximum atomic E-state index is 10.1. The van der Waals surface area contributed by atoms with Crippen LogP contribution in [0.3, 0.4) is 0 Å². The summed E-state index contributed by atoms with van der Waals surface area (Å²) in [5, 5.41) is 33.8. The number of benzene rings is 7. The Hall–Kier alpha value is -7.39. The number of hydrogen-bond acceptors (Lipinski definition) is 3. The van der Waals surface area contributed by atoms with Crippen molar-refractivity contribution >= 4 is 43.6 Å². The van der Waals surface area contributed by atoms with Crippen molar-refractivity contribution in [1.29, 1.82) is 15.8 Å². The molecule has 0 amide bonds. The molecule has 0 fully saturated rings. The van der Waals surface area contributed by atoms with Gasteiger partial charge < -0.3 is 9.13 Å². The van der Waals surface area contributed by atoms with Gasteiger partial charge in [0.05, 0.1) is 62.7 Å². The highest BCUT2D eigenvalue weighted by molar-refractivity contribution is 6.12. The highest BCUT2D eigenvalue weighted by Gasteiger charge is 2.20. The SMILES string of the molecule is N#Cc1ccc(-c2cccc(-n3c4ccccc4c4cc(C#N)ccc43)c2)c(-c2ccccc2-n2c3ccccc3c3c(C#N)cccc32)c1. The number of fused-ring (bicyclic) bond motifs is 6. The lowest BCUT2D eigenvalue weighted by Crippen LogP contribution is -1.99. The summed E-state index contributed by atoms with van der Waals surface area (Å²) in [6, 6.07) is 57.8. The molecular formula is C45H25N5. The largest absolute Gasteiger partial charge is 0.309 e. The number of aromatic nitrogens is 2. The van der Waals surface area contributed by atoms with E-state index in [0.717, 1.165) is 77.2 Å². The van der Waals surface area contributed by atoms with Crippen LogP contribution in [0.25, 0.3) is 77.2 Å². The van der Waals surface area contributed by atoms with Gasteiger partial charge in [-0.1, -0.05) is 78.9 Å². The first-order valence-electron chi connectivity index (χ1n) is 16.3. The standard InChI is InChI=1S/C45H25N5/c46-26-29-19-21-34(31-9-7-11-33(25-31)49-40-15-4-2-13-36(40)39-24-30(27-47)20-22-43(39)49)38(23-29)35-12-1-5-16-41(35)50-42-17-6-3-14-37(42)45-32(28-48)10-8-18-44(45)50/h1-25H. The van der Waals surface area contributed by atoms with E-state index >= 15 is 0 Å². The molecule has 0 radical (unpaired) electrons. The molecule has 5 nitrogen and oxygen atoms in total. The van der Waals surface area contributed by atoms with Crippen molar-refractivity contribution in [3.8, 4) is 51.8 Å². The summed E-state index contributed by atoms with van der Waals surface area (Å²) in [4.78, 5) is 0. The van der Waals surface area contributed by atoms with Crippen LogP contribution >= 0.6 is 0 Å². The molecule has 9 rings (SSSR count). The molecule has 2 heterocycles. The fourth-order valence-electron chi connectivity index (χ4n) is 7.49. The second kappa shape index (κ2) is 11.4. The van der Waals surface area contributed by atoms with Gasteiger partial charge in [0.15, 0.2) is 0 Å². The van der Waals surface area contributed by atoms with Crippen molar-refractivity contribution in [3.05, 3.63) is 168 Å². The summed E-state index contributed by atoms with van der Waals surface area (Å²) >= 11 is 0. The predicted molar refractivity (Wildman–Crippen MR) is 200 cm³/mol. The predicted octanol–water partition coefficient (Wildman–Crippen LogP) is 10.8. The number of hydrogen-bond donors (Lipinski definition) is 0. The molecule has 0 aliphatic heterocycles. The molecule has 50 heavy (non-hydrogen) atoms. The first kappa shape index (κ1) is 28.8. The maximum absolute atomic E-state index is 10.1. The maximum Gasteiger partial charge on any atom is 0.0998 e. The average Bonchev–Trinajstić information content (AvgIpc) is 3.70. The molecule has 0 aliphatic rings. The van der Waals surface area contributed by atoms with Gasteiger partial charge in [0.1, 0.15) is 0 Å². The number of nitriles is 3. The van der Waals surface area contributed by atoms with Gasteiger partial charge >= 0.3 is 0 Å². The van der Waals surface area contributed by atoms with Crippen molar-refractivity contribution in [2.45, 2.75) is 0 Å². The van der Waals surface area contributed by atoms with Gasteiger partial charge in [-0.3, -0.25) is 0 Å². The van der Waals surface area contributed by atoms with E-state index < -0.39 is 0 Å². The van der Waals surface area contributed by atoms with E-state index in [1.165, 1.54) is 0 Å². The van der Waals surface area contributed by atoms with Crippen molar-refractivity contribution < 1.29 is 0 Å². The summed E-state index contributed by atoms with van der Waals surface area (Å²) in [5.41, 5.74) is 11.7. The third kappa shape index (κ3) is 4.31. The molecule has 0 N–H and O–H groups in total. The average molecular weight is 636 g/mol. The molecular weight excluding hydrogens is 611 g/mol. The van der Waals surface area contributed by atoms with Crippen LogP contribution in [0.4, 0.5) is 0 Å². The molecule has 0 unspecified atom stereocenters. The van der Waals surface area contributed by atoms with Crippen LogP contribution in [0.15, 0.2) is 152 Å². The first-order valence-corrected chi connectivity index (χ1v) is 16.3. The van der Waals surface area contributed by atoms with Gasteiger partial charge in [-0.15, -0.1) is 0 Å². The van der Waals surface area contributed by atoms with Crippen LogP contribution in [0.2, 0.25) is 0 Å². The molecule has 5 heteroatoms. The molecule has 9 aromatic rings. The minimum Gasteiger partial charge on any atom is -0.309 e. The first-order chi connectivity index (χ1) is 24.7. The summed E-state index contributed by atoms with van der Waals surface area (Å²) in [7, 11) is 0. The van der Waals surface area contributed by atoms with E-state index in [9.17, 15) is 15.8 Å². The lowest BCUT2D eigenvalue weighted by Gasteiger charge is -2.18. The summed E-state index contributed by atoms with van der Waals surface area (Å²) in [5.74, 6) is 0. The van der Waals surface area contributed by atoms with Gasteiger partial charge in [-0.2, -0.15) is 15.8 Å². The van der Waals surface area contributed by atoms with E-state index in [1.54, 1.807) is 0 Å². The number of rotatable bonds is 4. The second-order valence-corrected chi connectivity index (χ2v) is 12.3. The molecule has 0 saturated heterocycles. The van der Waals surface area contributed by atoms with E-state index in [1.807, 2.05) is 84.9 Å². The minimum atomic E-state index is 0.569. The Morgan fingerprint density at radius 2 is 1.06 bits per heavy atom. The van der Waals surface area contributed by atoms with Gasteiger partial charge in [-0.25, -0.2) is 0 Å². The summed E-state index contributed by atoms with van der Waals surface area (Å²) in [6.07, 6.45) is 0. The fourth-order valence-corrected chi connectivity index (χ4v) is 7.49. The van der Waals surface area contributed by atoms with Crippen LogP contribution in [-0.2, 0) is 0 Å². The zero-order valence-corrected chi connectivity index (χ0v) is 26.7. The van der Waals surface area contributed by atoms with Crippen LogP contribution < -0.4 is 0 Å². The molecule has 0 bridgehead atoms. The third-order valence-electron chi connectivity index (χ3n) is 9.62. The second-order valence-electron chi connectivity index (χ2n) is 12.3. The molecule has 7 aromatic carbocycles. The van der Waals surface area contributed by atoms with E-state index in [2.05, 4.69) is 94.1 Å². The lowest BCUT2D eigenvalue weighted by atomic mass is 9.91. The van der Waals surface area contributed by atoms with Crippen molar-refractivity contribution in [3.63, 3.8) is 0 Å².